The number of carbonyl (C=O) groups is 1. The van der Waals surface area contributed by atoms with Gasteiger partial charge in [-0.15, -0.1) is 0 Å². The van der Waals surface area contributed by atoms with E-state index in [4.69, 9.17) is 26.9 Å². The number of aryl methyl sites for hydroxylation is 1. The first kappa shape index (κ1) is 19.7. The number of hydrazone groups is 1. The van der Waals surface area contributed by atoms with Crippen molar-refractivity contribution in [2.45, 2.75) is 32.4 Å². The van der Waals surface area contributed by atoms with Gasteiger partial charge >= 0.3 is 0 Å². The van der Waals surface area contributed by atoms with Crippen molar-refractivity contribution < 1.29 is 9.21 Å². The molecule has 0 atom stereocenters. The molecular formula is C22H23ClN6O2. The molecular weight excluding hydrogens is 416 g/mol. The average molecular weight is 439 g/mol. The van der Waals surface area contributed by atoms with E-state index in [0.29, 0.717) is 30.5 Å². The van der Waals surface area contributed by atoms with Crippen molar-refractivity contribution >= 4 is 34.3 Å². The number of carbonyl (C=O) groups excluding carboxylic acids is 1. The third-order valence-electron chi connectivity index (χ3n) is 6.10. The first-order valence-corrected chi connectivity index (χ1v) is 10.6. The first-order chi connectivity index (χ1) is 15.0. The smallest absolute Gasteiger partial charge is 0.245 e. The summed E-state index contributed by atoms with van der Waals surface area (Å²) in [4.78, 5) is 13.8. The van der Waals surface area contributed by atoms with Gasteiger partial charge in [-0.05, 0) is 38.0 Å². The number of amidine groups is 1. The van der Waals surface area contributed by atoms with Gasteiger partial charge in [-0.2, -0.15) is 10.2 Å². The number of hydrogen-bond acceptors (Lipinski definition) is 6. The van der Waals surface area contributed by atoms with Crippen LogP contribution in [0.3, 0.4) is 0 Å². The second-order valence-electron chi connectivity index (χ2n) is 7.90. The molecule has 0 spiro atoms. The fourth-order valence-corrected chi connectivity index (χ4v) is 4.66. The quantitative estimate of drug-likeness (QED) is 0.611. The molecule has 1 amide bonds. The predicted octanol–water partition coefficient (Wildman–Crippen LogP) is 3.33. The summed E-state index contributed by atoms with van der Waals surface area (Å²) in [6.07, 6.45) is 2.93. The lowest BCUT2D eigenvalue weighted by Gasteiger charge is -2.32. The number of nitrogens with one attached hydrogen (secondary N) is 1. The number of likely N-dealkylation sites (tertiary alicyclic amines) is 1. The highest BCUT2D eigenvalue weighted by Crippen LogP contribution is 2.39. The van der Waals surface area contributed by atoms with Gasteiger partial charge in [0.05, 0.1) is 23.8 Å². The van der Waals surface area contributed by atoms with Gasteiger partial charge in [-0.3, -0.25) is 9.48 Å². The molecule has 0 unspecified atom stereocenters. The summed E-state index contributed by atoms with van der Waals surface area (Å²) in [6, 6.07) is 5.75. The fraction of sp³-hybridized carbons (Fsp3) is 0.318. The molecule has 0 bridgehead atoms. The minimum absolute atomic E-state index is 0.0379. The summed E-state index contributed by atoms with van der Waals surface area (Å²) in [5, 5.41) is 10.7. The van der Waals surface area contributed by atoms with Crippen molar-refractivity contribution in [3.8, 4) is 11.5 Å². The minimum Gasteiger partial charge on any atom is -0.454 e. The maximum Gasteiger partial charge on any atom is 0.245 e. The molecule has 1 fully saturated rings. The van der Waals surface area contributed by atoms with E-state index < -0.39 is 0 Å². The number of fused-ring (bicyclic) bond motifs is 2. The molecule has 1 saturated heterocycles. The number of piperidine rings is 1. The fourth-order valence-electron chi connectivity index (χ4n) is 4.50. The first-order valence-electron chi connectivity index (χ1n) is 10.3. The summed E-state index contributed by atoms with van der Waals surface area (Å²) in [5.74, 6) is 1.07. The van der Waals surface area contributed by atoms with Gasteiger partial charge in [0.25, 0.3) is 0 Å². The molecule has 31 heavy (non-hydrogen) atoms. The van der Waals surface area contributed by atoms with E-state index >= 15 is 0 Å². The van der Waals surface area contributed by atoms with Crippen LogP contribution in [-0.4, -0.2) is 39.5 Å². The second-order valence-corrected chi connectivity index (χ2v) is 8.34. The van der Waals surface area contributed by atoms with Gasteiger partial charge in [0.1, 0.15) is 11.3 Å². The lowest BCUT2D eigenvalue weighted by molar-refractivity contribution is -0.127. The predicted molar refractivity (Wildman–Crippen MR) is 120 cm³/mol. The monoisotopic (exact) mass is 438 g/mol. The van der Waals surface area contributed by atoms with E-state index in [1.807, 2.05) is 34.7 Å². The van der Waals surface area contributed by atoms with Crippen LogP contribution >= 0.6 is 11.6 Å². The van der Waals surface area contributed by atoms with Gasteiger partial charge in [-0.25, -0.2) is 0 Å². The van der Waals surface area contributed by atoms with E-state index in [2.05, 4.69) is 17.1 Å². The largest absolute Gasteiger partial charge is 0.454 e. The van der Waals surface area contributed by atoms with Crippen LogP contribution in [-0.2, 0) is 11.3 Å². The summed E-state index contributed by atoms with van der Waals surface area (Å²) in [7, 11) is 0. The zero-order valence-electron chi connectivity index (χ0n) is 17.2. The van der Waals surface area contributed by atoms with Crippen LogP contribution in [0.5, 0.6) is 0 Å². The second kappa shape index (κ2) is 7.46. The number of halogens is 1. The standard InChI is InChI=1S/C22H23ClN6O2/c1-3-18(30)28-8-6-14(7-9-28)29-20(19-16(27-29)11-25-26-22(19)24)21-12(2)15-5-4-13(23)10-17(15)31-21/h3-5,10,14,25H,1,6-9,11H2,2H3,(H2,24,26). The van der Waals surface area contributed by atoms with Crippen LogP contribution in [0.15, 0.2) is 40.4 Å². The lowest BCUT2D eigenvalue weighted by Crippen LogP contribution is -2.38. The average Bonchev–Trinajstić information content (AvgIpc) is 3.31. The molecule has 8 nitrogen and oxygen atoms in total. The highest BCUT2D eigenvalue weighted by Gasteiger charge is 2.33. The number of aromatic nitrogens is 2. The molecule has 2 aliphatic rings. The van der Waals surface area contributed by atoms with Crippen LogP contribution in [0.4, 0.5) is 0 Å². The van der Waals surface area contributed by atoms with Crippen LogP contribution in [0.1, 0.15) is 35.7 Å². The molecule has 0 saturated carbocycles. The van der Waals surface area contributed by atoms with Gasteiger partial charge in [0.15, 0.2) is 11.6 Å². The van der Waals surface area contributed by atoms with Crippen LogP contribution in [0.25, 0.3) is 22.4 Å². The molecule has 0 radical (unpaired) electrons. The minimum atomic E-state index is -0.0379. The molecule has 2 aliphatic heterocycles. The Morgan fingerprint density at radius 1 is 1.39 bits per heavy atom. The number of furan rings is 1. The number of benzene rings is 1. The van der Waals surface area contributed by atoms with Gasteiger partial charge in [-0.1, -0.05) is 18.2 Å². The zero-order chi connectivity index (χ0) is 21.7. The van der Waals surface area contributed by atoms with Gasteiger partial charge < -0.3 is 20.5 Å². The molecule has 1 aromatic carbocycles. The number of nitrogens with two attached hydrogens (primary N) is 1. The molecule has 5 rings (SSSR count). The number of amides is 1. The Morgan fingerprint density at radius 3 is 2.90 bits per heavy atom. The lowest BCUT2D eigenvalue weighted by atomic mass is 10.0. The molecule has 4 heterocycles. The van der Waals surface area contributed by atoms with Crippen molar-refractivity contribution in [2.24, 2.45) is 10.8 Å². The Labute approximate surface area is 184 Å². The van der Waals surface area contributed by atoms with E-state index in [1.54, 1.807) is 0 Å². The molecule has 160 valence electrons. The van der Waals surface area contributed by atoms with Gasteiger partial charge in [0.2, 0.25) is 5.91 Å². The third kappa shape index (κ3) is 3.18. The van der Waals surface area contributed by atoms with Crippen molar-refractivity contribution in [3.05, 3.63) is 52.7 Å². The summed E-state index contributed by atoms with van der Waals surface area (Å²) < 4.78 is 8.31. The highest BCUT2D eigenvalue weighted by molar-refractivity contribution is 6.31. The van der Waals surface area contributed by atoms with Gasteiger partial charge in [0, 0.05) is 35.1 Å². The Hall–Kier alpha value is -3.26. The van der Waals surface area contributed by atoms with Crippen LogP contribution < -0.4 is 11.2 Å². The molecule has 9 heteroatoms. The topological polar surface area (TPSA) is 102 Å². The molecule has 0 aliphatic carbocycles. The van der Waals surface area contributed by atoms with E-state index in [-0.39, 0.29) is 11.9 Å². The van der Waals surface area contributed by atoms with Crippen molar-refractivity contribution in [1.29, 1.82) is 0 Å². The summed E-state index contributed by atoms with van der Waals surface area (Å²) in [5.41, 5.74) is 13.4. The molecule has 2 aromatic heterocycles. The third-order valence-corrected chi connectivity index (χ3v) is 6.33. The van der Waals surface area contributed by atoms with Crippen molar-refractivity contribution in [1.82, 2.24) is 20.1 Å². The highest BCUT2D eigenvalue weighted by atomic mass is 35.5. The maximum absolute atomic E-state index is 12.0. The van der Waals surface area contributed by atoms with E-state index in [9.17, 15) is 4.79 Å². The summed E-state index contributed by atoms with van der Waals surface area (Å²) in [6.45, 7) is 7.41. The van der Waals surface area contributed by atoms with E-state index in [1.165, 1.54) is 6.08 Å². The Balaban J connectivity index is 1.63. The Kier molecular flexibility index (Phi) is 4.74. The Bertz CT molecular complexity index is 1230. The van der Waals surface area contributed by atoms with Crippen molar-refractivity contribution in [2.75, 3.05) is 13.1 Å². The molecule has 3 aromatic rings. The normalized spacial score (nSPS) is 16.7. The summed E-state index contributed by atoms with van der Waals surface area (Å²) >= 11 is 6.18. The maximum atomic E-state index is 12.0. The van der Waals surface area contributed by atoms with Crippen LogP contribution in [0.2, 0.25) is 5.02 Å². The number of rotatable bonds is 3. The zero-order valence-corrected chi connectivity index (χ0v) is 17.9. The van der Waals surface area contributed by atoms with Crippen LogP contribution in [0, 0.1) is 6.92 Å². The van der Waals surface area contributed by atoms with E-state index in [0.717, 1.165) is 52.1 Å². The molecule has 3 N–H and O–H groups in total. The SMILES string of the molecule is C=CC(=O)N1CCC(n2nc3c(c2-c2oc4cc(Cl)ccc4c2C)C(N)=NNC3)CC1. The van der Waals surface area contributed by atoms with Crippen molar-refractivity contribution in [3.63, 3.8) is 0 Å². The number of hydrogen-bond donors (Lipinski definition) is 2. The Morgan fingerprint density at radius 2 is 2.16 bits per heavy atom. The number of nitrogens with zero attached hydrogens (tertiary/aromatic N) is 4.